The number of carbonyl (C=O) groups is 1. The van der Waals surface area contributed by atoms with Gasteiger partial charge in [0, 0.05) is 18.3 Å². The molecule has 1 atom stereocenters. The number of halogens is 3. The standard InChI is InChI=1S/C27H22F3N3O/c28-27(29,30)22-13-9-12-21(18-22)26(24-16-7-8-17-31-24,19-20-10-3-1-4-11-20)33-25(34)32-23-14-5-2-6-15-23/h1-18H,19H2,(H2,32,33,34). The molecule has 1 unspecified atom stereocenters. The lowest BCUT2D eigenvalue weighted by Gasteiger charge is -2.35. The number of amides is 2. The van der Waals surface area contributed by atoms with Crippen LogP contribution in [-0.2, 0) is 18.1 Å². The minimum absolute atomic E-state index is 0.189. The maximum Gasteiger partial charge on any atom is 0.416 e. The average Bonchev–Trinajstić information content (AvgIpc) is 2.85. The fourth-order valence-electron chi connectivity index (χ4n) is 3.88. The molecule has 4 rings (SSSR count). The number of hydrogen-bond donors (Lipinski definition) is 2. The Morgan fingerprint density at radius 1 is 0.765 bits per heavy atom. The quantitative estimate of drug-likeness (QED) is 0.349. The summed E-state index contributed by atoms with van der Waals surface area (Å²) in [5.74, 6) is 0. The fourth-order valence-corrected chi connectivity index (χ4v) is 3.88. The monoisotopic (exact) mass is 461 g/mol. The van der Waals surface area contributed by atoms with E-state index in [0.29, 0.717) is 11.4 Å². The molecule has 0 aliphatic carbocycles. The van der Waals surface area contributed by atoms with Crippen LogP contribution in [0.5, 0.6) is 0 Å². The number of urea groups is 1. The molecule has 0 saturated heterocycles. The van der Waals surface area contributed by atoms with Gasteiger partial charge in [-0.1, -0.05) is 66.7 Å². The van der Waals surface area contributed by atoms with Crippen LogP contribution in [0.4, 0.5) is 23.7 Å². The van der Waals surface area contributed by atoms with Gasteiger partial charge >= 0.3 is 12.2 Å². The number of alkyl halides is 3. The van der Waals surface area contributed by atoms with E-state index in [2.05, 4.69) is 15.6 Å². The van der Waals surface area contributed by atoms with Gasteiger partial charge in [-0.3, -0.25) is 4.98 Å². The van der Waals surface area contributed by atoms with Gasteiger partial charge in [-0.15, -0.1) is 0 Å². The van der Waals surface area contributed by atoms with Crippen molar-refractivity contribution in [1.29, 1.82) is 0 Å². The Hall–Kier alpha value is -4.13. The van der Waals surface area contributed by atoms with Gasteiger partial charge in [0.15, 0.2) is 0 Å². The second kappa shape index (κ2) is 9.79. The van der Waals surface area contributed by atoms with Crippen molar-refractivity contribution in [2.45, 2.75) is 18.1 Å². The van der Waals surface area contributed by atoms with E-state index in [-0.39, 0.29) is 12.0 Å². The second-order valence-corrected chi connectivity index (χ2v) is 7.81. The first-order valence-electron chi connectivity index (χ1n) is 10.6. The Morgan fingerprint density at radius 2 is 1.41 bits per heavy atom. The van der Waals surface area contributed by atoms with Crippen molar-refractivity contribution in [1.82, 2.24) is 10.3 Å². The minimum atomic E-state index is -4.54. The third-order valence-corrected chi connectivity index (χ3v) is 5.46. The number of carbonyl (C=O) groups excluding carboxylic acids is 1. The highest BCUT2D eigenvalue weighted by atomic mass is 19.4. The van der Waals surface area contributed by atoms with Gasteiger partial charge in [0.05, 0.1) is 11.3 Å². The molecule has 7 heteroatoms. The van der Waals surface area contributed by atoms with E-state index in [1.54, 1.807) is 54.7 Å². The third-order valence-electron chi connectivity index (χ3n) is 5.46. The molecule has 2 amide bonds. The summed E-state index contributed by atoms with van der Waals surface area (Å²) in [7, 11) is 0. The molecular weight excluding hydrogens is 439 g/mol. The predicted octanol–water partition coefficient (Wildman–Crippen LogP) is 6.41. The first-order valence-corrected chi connectivity index (χ1v) is 10.6. The zero-order valence-corrected chi connectivity index (χ0v) is 18.1. The van der Waals surface area contributed by atoms with E-state index in [4.69, 9.17) is 0 Å². The first-order chi connectivity index (χ1) is 16.4. The van der Waals surface area contributed by atoms with Crippen LogP contribution in [0.2, 0.25) is 0 Å². The molecule has 0 fully saturated rings. The van der Waals surface area contributed by atoms with Gasteiger partial charge in [-0.05, 0) is 47.5 Å². The fraction of sp³-hybridized carbons (Fsp3) is 0.111. The van der Waals surface area contributed by atoms with Crippen molar-refractivity contribution in [2.24, 2.45) is 0 Å². The molecule has 34 heavy (non-hydrogen) atoms. The Morgan fingerprint density at radius 3 is 2.06 bits per heavy atom. The summed E-state index contributed by atoms with van der Waals surface area (Å²) in [5.41, 5.74) is -0.106. The molecular formula is C27H22F3N3O. The maximum atomic E-state index is 13.6. The highest BCUT2D eigenvalue weighted by Gasteiger charge is 2.40. The van der Waals surface area contributed by atoms with Crippen molar-refractivity contribution in [3.8, 4) is 0 Å². The van der Waals surface area contributed by atoms with Gasteiger partial charge < -0.3 is 10.6 Å². The number of rotatable bonds is 6. The lowest BCUT2D eigenvalue weighted by Crippen LogP contribution is -2.50. The summed E-state index contributed by atoms with van der Waals surface area (Å²) in [6, 6.07) is 27.7. The Kier molecular flexibility index (Phi) is 6.63. The van der Waals surface area contributed by atoms with Crippen LogP contribution in [-0.4, -0.2) is 11.0 Å². The zero-order chi connectivity index (χ0) is 24.0. The van der Waals surface area contributed by atoms with E-state index >= 15 is 0 Å². The van der Waals surface area contributed by atoms with E-state index in [1.807, 2.05) is 36.4 Å². The largest absolute Gasteiger partial charge is 0.416 e. The molecule has 0 saturated carbocycles. The summed E-state index contributed by atoms with van der Waals surface area (Å²) in [6.45, 7) is 0. The third kappa shape index (κ3) is 5.26. The minimum Gasteiger partial charge on any atom is -0.322 e. The summed E-state index contributed by atoms with van der Waals surface area (Å²) in [5, 5.41) is 5.73. The van der Waals surface area contributed by atoms with Gasteiger partial charge in [0.1, 0.15) is 5.54 Å². The Bertz CT molecular complexity index is 1230. The normalized spacial score (nSPS) is 13.0. The molecule has 0 radical (unpaired) electrons. The molecule has 1 aromatic heterocycles. The molecule has 0 bridgehead atoms. The van der Waals surface area contributed by atoms with Gasteiger partial charge in [-0.2, -0.15) is 13.2 Å². The number of nitrogens with one attached hydrogen (secondary N) is 2. The molecule has 3 aromatic carbocycles. The summed E-state index contributed by atoms with van der Waals surface area (Å²) in [6.07, 6.45) is -2.79. The highest BCUT2D eigenvalue weighted by molar-refractivity contribution is 5.90. The second-order valence-electron chi connectivity index (χ2n) is 7.81. The van der Waals surface area contributed by atoms with Crippen LogP contribution >= 0.6 is 0 Å². The number of nitrogens with zero attached hydrogens (tertiary/aromatic N) is 1. The molecule has 4 nitrogen and oxygen atoms in total. The van der Waals surface area contributed by atoms with Crippen LogP contribution < -0.4 is 10.6 Å². The smallest absolute Gasteiger partial charge is 0.322 e. The SMILES string of the molecule is O=C(Nc1ccccc1)NC(Cc1ccccc1)(c1cccc(C(F)(F)F)c1)c1ccccn1. The number of aromatic nitrogens is 1. The zero-order valence-electron chi connectivity index (χ0n) is 18.1. The van der Waals surface area contributed by atoms with E-state index in [0.717, 1.165) is 17.7 Å². The number of benzene rings is 3. The molecule has 0 aliphatic heterocycles. The van der Waals surface area contributed by atoms with E-state index in [1.165, 1.54) is 6.07 Å². The Labute approximate surface area is 195 Å². The Balaban J connectivity index is 1.86. The molecule has 0 spiro atoms. The van der Waals surface area contributed by atoms with Crippen LogP contribution in [0.25, 0.3) is 0 Å². The lowest BCUT2D eigenvalue weighted by atomic mass is 9.80. The van der Waals surface area contributed by atoms with Crippen molar-refractivity contribution < 1.29 is 18.0 Å². The van der Waals surface area contributed by atoms with Crippen molar-refractivity contribution in [2.75, 3.05) is 5.32 Å². The predicted molar refractivity (Wildman–Crippen MR) is 125 cm³/mol. The first kappa shape index (κ1) is 23.0. The molecule has 0 aliphatic rings. The number of hydrogen-bond acceptors (Lipinski definition) is 2. The number of pyridine rings is 1. The summed E-state index contributed by atoms with van der Waals surface area (Å²) in [4.78, 5) is 17.6. The number of para-hydroxylation sites is 1. The van der Waals surface area contributed by atoms with Gasteiger partial charge in [-0.25, -0.2) is 4.79 Å². The highest BCUT2D eigenvalue weighted by Crippen LogP contribution is 2.36. The van der Waals surface area contributed by atoms with Crippen LogP contribution in [0.1, 0.15) is 22.4 Å². The van der Waals surface area contributed by atoms with E-state index in [9.17, 15) is 18.0 Å². The molecule has 1 heterocycles. The van der Waals surface area contributed by atoms with Crippen molar-refractivity contribution in [3.63, 3.8) is 0 Å². The van der Waals surface area contributed by atoms with Crippen LogP contribution in [0, 0.1) is 0 Å². The lowest BCUT2D eigenvalue weighted by molar-refractivity contribution is -0.137. The number of anilines is 1. The van der Waals surface area contributed by atoms with Gasteiger partial charge in [0.25, 0.3) is 0 Å². The van der Waals surface area contributed by atoms with Crippen molar-refractivity contribution in [3.05, 3.63) is 132 Å². The van der Waals surface area contributed by atoms with Crippen LogP contribution in [0.15, 0.2) is 109 Å². The summed E-state index contributed by atoms with van der Waals surface area (Å²) < 4.78 is 40.9. The molecule has 4 aromatic rings. The maximum absolute atomic E-state index is 13.6. The average molecular weight is 461 g/mol. The van der Waals surface area contributed by atoms with Crippen LogP contribution in [0.3, 0.4) is 0 Å². The molecule has 172 valence electrons. The van der Waals surface area contributed by atoms with Gasteiger partial charge in [0.2, 0.25) is 0 Å². The summed E-state index contributed by atoms with van der Waals surface area (Å²) >= 11 is 0. The van der Waals surface area contributed by atoms with Crippen molar-refractivity contribution >= 4 is 11.7 Å². The van der Waals surface area contributed by atoms with E-state index < -0.39 is 23.3 Å². The topological polar surface area (TPSA) is 54.0 Å². The molecule has 2 N–H and O–H groups in total.